The average Bonchev–Trinajstić information content (AvgIpc) is 2.69. The van der Waals surface area contributed by atoms with Gasteiger partial charge in [0.1, 0.15) is 0 Å². The summed E-state index contributed by atoms with van der Waals surface area (Å²) < 4.78 is 0. The van der Waals surface area contributed by atoms with Crippen LogP contribution in [0.2, 0.25) is 0 Å². The maximum absolute atomic E-state index is 12.7. The fourth-order valence-corrected chi connectivity index (χ4v) is 4.02. The first-order valence-corrected chi connectivity index (χ1v) is 9.82. The SMILES string of the molecule is CCC(=O)N(c1ccccc1)[C@H]1CCN(CCc2ccccc2)C[C@@H]1C.Cl. The fourth-order valence-electron chi connectivity index (χ4n) is 4.02. The summed E-state index contributed by atoms with van der Waals surface area (Å²) in [6, 6.07) is 21.1. The smallest absolute Gasteiger partial charge is 0.226 e. The van der Waals surface area contributed by atoms with E-state index >= 15 is 0 Å². The zero-order valence-corrected chi connectivity index (χ0v) is 17.2. The summed E-state index contributed by atoms with van der Waals surface area (Å²) >= 11 is 0. The minimum Gasteiger partial charge on any atom is -0.309 e. The van der Waals surface area contributed by atoms with Crippen molar-refractivity contribution in [1.82, 2.24) is 4.90 Å². The van der Waals surface area contributed by atoms with Crippen LogP contribution in [-0.2, 0) is 11.2 Å². The largest absolute Gasteiger partial charge is 0.309 e. The number of hydrogen-bond donors (Lipinski definition) is 0. The van der Waals surface area contributed by atoms with E-state index < -0.39 is 0 Å². The van der Waals surface area contributed by atoms with Gasteiger partial charge in [0.15, 0.2) is 0 Å². The lowest BCUT2D eigenvalue weighted by atomic mass is 9.91. The molecule has 1 saturated heterocycles. The van der Waals surface area contributed by atoms with E-state index in [0.717, 1.165) is 38.2 Å². The van der Waals surface area contributed by atoms with Crippen molar-refractivity contribution in [1.29, 1.82) is 0 Å². The number of halogens is 1. The predicted octanol–water partition coefficient (Wildman–Crippen LogP) is 4.80. The second kappa shape index (κ2) is 10.5. The number of piperidine rings is 1. The van der Waals surface area contributed by atoms with E-state index in [1.807, 2.05) is 25.1 Å². The van der Waals surface area contributed by atoms with Gasteiger partial charge < -0.3 is 9.80 Å². The third kappa shape index (κ3) is 5.57. The van der Waals surface area contributed by atoms with Crippen molar-refractivity contribution in [2.45, 2.75) is 39.2 Å². The minimum atomic E-state index is 0. The number of benzene rings is 2. The molecule has 1 aliphatic rings. The van der Waals surface area contributed by atoms with Gasteiger partial charge in [-0.3, -0.25) is 4.79 Å². The van der Waals surface area contributed by atoms with Crippen molar-refractivity contribution in [3.05, 3.63) is 66.2 Å². The van der Waals surface area contributed by atoms with Gasteiger partial charge in [0.25, 0.3) is 0 Å². The molecule has 1 amide bonds. The molecule has 0 unspecified atom stereocenters. The predicted molar refractivity (Wildman–Crippen MR) is 116 cm³/mol. The number of likely N-dealkylation sites (tertiary alicyclic amines) is 1. The first-order chi connectivity index (χ1) is 12.7. The lowest BCUT2D eigenvalue weighted by Gasteiger charge is -2.42. The maximum Gasteiger partial charge on any atom is 0.226 e. The Morgan fingerprint density at radius 2 is 1.70 bits per heavy atom. The van der Waals surface area contributed by atoms with Gasteiger partial charge in [-0.25, -0.2) is 0 Å². The van der Waals surface area contributed by atoms with E-state index in [0.29, 0.717) is 12.3 Å². The molecule has 0 radical (unpaired) electrons. The zero-order valence-electron chi connectivity index (χ0n) is 16.4. The summed E-state index contributed by atoms with van der Waals surface area (Å²) in [7, 11) is 0. The number of rotatable bonds is 6. The highest BCUT2D eigenvalue weighted by Crippen LogP contribution is 2.28. The molecule has 4 heteroatoms. The molecule has 2 aromatic carbocycles. The Labute approximate surface area is 169 Å². The quantitative estimate of drug-likeness (QED) is 0.711. The second-order valence-corrected chi connectivity index (χ2v) is 7.32. The molecule has 0 spiro atoms. The molecule has 0 N–H and O–H groups in total. The third-order valence-corrected chi connectivity index (χ3v) is 5.44. The van der Waals surface area contributed by atoms with E-state index in [2.05, 4.69) is 59.2 Å². The average molecular weight is 387 g/mol. The second-order valence-electron chi connectivity index (χ2n) is 7.32. The van der Waals surface area contributed by atoms with Gasteiger partial charge in [-0.15, -0.1) is 12.4 Å². The molecule has 0 bridgehead atoms. The molecule has 3 rings (SSSR count). The lowest BCUT2D eigenvalue weighted by Crippen LogP contribution is -2.52. The van der Waals surface area contributed by atoms with Crippen molar-refractivity contribution >= 4 is 24.0 Å². The summed E-state index contributed by atoms with van der Waals surface area (Å²) in [5, 5.41) is 0. The third-order valence-electron chi connectivity index (χ3n) is 5.44. The van der Waals surface area contributed by atoms with Gasteiger partial charge in [0, 0.05) is 37.8 Å². The van der Waals surface area contributed by atoms with Crippen molar-refractivity contribution in [3.63, 3.8) is 0 Å². The summed E-state index contributed by atoms with van der Waals surface area (Å²) in [5.41, 5.74) is 2.43. The number of carbonyl (C=O) groups excluding carboxylic acids is 1. The Balaban J connectivity index is 0.00000261. The van der Waals surface area contributed by atoms with E-state index in [1.54, 1.807) is 0 Å². The topological polar surface area (TPSA) is 23.6 Å². The highest BCUT2D eigenvalue weighted by Gasteiger charge is 2.33. The van der Waals surface area contributed by atoms with E-state index in [9.17, 15) is 4.79 Å². The van der Waals surface area contributed by atoms with Crippen LogP contribution in [0.4, 0.5) is 5.69 Å². The number of hydrogen-bond acceptors (Lipinski definition) is 2. The maximum atomic E-state index is 12.7. The van der Waals surface area contributed by atoms with E-state index in [1.165, 1.54) is 5.56 Å². The van der Waals surface area contributed by atoms with Gasteiger partial charge in [-0.1, -0.05) is 62.4 Å². The molecule has 0 saturated carbocycles. The van der Waals surface area contributed by atoms with Crippen LogP contribution < -0.4 is 4.90 Å². The van der Waals surface area contributed by atoms with Gasteiger partial charge in [0.05, 0.1) is 0 Å². The van der Waals surface area contributed by atoms with Crippen molar-refractivity contribution in [3.8, 4) is 0 Å². The molecule has 1 fully saturated rings. The summed E-state index contributed by atoms with van der Waals surface area (Å²) in [4.78, 5) is 17.3. The van der Waals surface area contributed by atoms with Crippen LogP contribution >= 0.6 is 12.4 Å². The van der Waals surface area contributed by atoms with Crippen molar-refractivity contribution in [2.75, 3.05) is 24.5 Å². The Morgan fingerprint density at radius 1 is 1.07 bits per heavy atom. The van der Waals surface area contributed by atoms with E-state index in [4.69, 9.17) is 0 Å². The molecule has 27 heavy (non-hydrogen) atoms. The van der Waals surface area contributed by atoms with E-state index in [-0.39, 0.29) is 24.4 Å². The zero-order chi connectivity index (χ0) is 18.4. The molecule has 0 aliphatic carbocycles. The van der Waals surface area contributed by atoms with Gasteiger partial charge in [-0.2, -0.15) is 0 Å². The van der Waals surface area contributed by atoms with Gasteiger partial charge in [-0.05, 0) is 36.5 Å². The Morgan fingerprint density at radius 3 is 2.30 bits per heavy atom. The Hall–Kier alpha value is -1.84. The van der Waals surface area contributed by atoms with Crippen LogP contribution in [-0.4, -0.2) is 36.5 Å². The van der Waals surface area contributed by atoms with Crippen LogP contribution in [0.1, 0.15) is 32.3 Å². The molecule has 146 valence electrons. The monoisotopic (exact) mass is 386 g/mol. The van der Waals surface area contributed by atoms with Crippen LogP contribution in [0.15, 0.2) is 60.7 Å². The van der Waals surface area contributed by atoms with Crippen molar-refractivity contribution < 1.29 is 4.79 Å². The normalized spacial score (nSPS) is 19.9. The number of carbonyl (C=O) groups is 1. The number of nitrogens with zero attached hydrogens (tertiary/aromatic N) is 2. The standard InChI is InChI=1S/C23H30N2O.ClH/c1-3-23(26)25(21-12-8-5-9-13-21)22-15-17-24(18-19(22)2)16-14-20-10-6-4-7-11-20;/h4-13,19,22H,3,14-18H2,1-2H3;1H/t19-,22-;/m0./s1. The Bertz CT molecular complexity index is 692. The highest BCUT2D eigenvalue weighted by atomic mass is 35.5. The number of amides is 1. The molecule has 2 atom stereocenters. The minimum absolute atomic E-state index is 0. The van der Waals surface area contributed by atoms with Crippen LogP contribution in [0, 0.1) is 5.92 Å². The summed E-state index contributed by atoms with van der Waals surface area (Å²) in [6.45, 7) is 7.45. The molecular weight excluding hydrogens is 356 g/mol. The van der Waals surface area contributed by atoms with Crippen LogP contribution in [0.25, 0.3) is 0 Å². The molecule has 1 aliphatic heterocycles. The first kappa shape index (κ1) is 21.5. The number of para-hydroxylation sites is 1. The highest BCUT2D eigenvalue weighted by molar-refractivity contribution is 5.93. The molecule has 1 heterocycles. The van der Waals surface area contributed by atoms with Crippen molar-refractivity contribution in [2.24, 2.45) is 5.92 Å². The molecule has 0 aromatic heterocycles. The molecule has 2 aromatic rings. The van der Waals surface area contributed by atoms with Crippen LogP contribution in [0.3, 0.4) is 0 Å². The number of anilines is 1. The van der Waals surface area contributed by atoms with Gasteiger partial charge >= 0.3 is 0 Å². The molecule has 3 nitrogen and oxygen atoms in total. The van der Waals surface area contributed by atoms with Gasteiger partial charge in [0.2, 0.25) is 5.91 Å². The van der Waals surface area contributed by atoms with Crippen LogP contribution in [0.5, 0.6) is 0 Å². The lowest BCUT2D eigenvalue weighted by molar-refractivity contribution is -0.119. The molecular formula is C23H31ClN2O. The fraction of sp³-hybridized carbons (Fsp3) is 0.435. The summed E-state index contributed by atoms with van der Waals surface area (Å²) in [5.74, 6) is 0.695. The Kier molecular flexibility index (Phi) is 8.33. The summed E-state index contributed by atoms with van der Waals surface area (Å²) in [6.07, 6.45) is 2.68. The first-order valence-electron chi connectivity index (χ1n) is 9.82.